The summed E-state index contributed by atoms with van der Waals surface area (Å²) in [5.41, 5.74) is 0.804. The van der Waals surface area contributed by atoms with Gasteiger partial charge in [-0.15, -0.1) is 5.10 Å². The van der Waals surface area contributed by atoms with E-state index in [2.05, 4.69) is 15.5 Å². The van der Waals surface area contributed by atoms with Crippen LogP contribution in [-0.2, 0) is 18.3 Å². The van der Waals surface area contributed by atoms with Crippen LogP contribution in [0.4, 0.5) is 4.39 Å². The number of aromatic nitrogens is 4. The van der Waals surface area contributed by atoms with E-state index in [0.717, 1.165) is 5.56 Å². The molecule has 0 amide bonds. The average Bonchev–Trinajstić information content (AvgIpc) is 2.75. The van der Waals surface area contributed by atoms with Gasteiger partial charge in [0.25, 0.3) is 0 Å². The first-order chi connectivity index (χ1) is 8.65. The van der Waals surface area contributed by atoms with Crippen LogP contribution in [0.15, 0.2) is 29.4 Å². The first kappa shape index (κ1) is 12.7. The van der Waals surface area contributed by atoms with Gasteiger partial charge >= 0.3 is 0 Å². The molecule has 94 valence electrons. The highest BCUT2D eigenvalue weighted by molar-refractivity contribution is 7.99. The van der Waals surface area contributed by atoms with E-state index in [1.54, 1.807) is 19.2 Å². The molecule has 2 rings (SSSR count). The number of nitrogens with zero attached hydrogens (tertiary/aromatic N) is 4. The predicted molar refractivity (Wildman–Crippen MR) is 64.6 cm³/mol. The number of ketones is 1. The van der Waals surface area contributed by atoms with E-state index in [4.69, 9.17) is 0 Å². The number of halogens is 1. The van der Waals surface area contributed by atoms with Crippen LogP contribution >= 0.6 is 11.8 Å². The molecule has 18 heavy (non-hydrogen) atoms. The lowest BCUT2D eigenvalue weighted by atomic mass is 10.1. The molecular weight excluding hydrogens is 255 g/mol. The molecule has 0 saturated carbocycles. The molecule has 0 fully saturated rings. The zero-order valence-electron chi connectivity index (χ0n) is 9.71. The molecule has 1 heterocycles. The molecule has 0 bridgehead atoms. The van der Waals surface area contributed by atoms with Gasteiger partial charge in [0.1, 0.15) is 11.6 Å². The number of Topliss-reactive ketones (excluding diaryl/α,β-unsaturated/α-hetero) is 1. The van der Waals surface area contributed by atoms with E-state index in [0.29, 0.717) is 17.3 Å². The molecule has 0 unspecified atom stereocenters. The summed E-state index contributed by atoms with van der Waals surface area (Å²) in [6.45, 7) is 0. The summed E-state index contributed by atoms with van der Waals surface area (Å²) in [5.74, 6) is 0.0475. The summed E-state index contributed by atoms with van der Waals surface area (Å²) in [4.78, 5) is 11.7. The van der Waals surface area contributed by atoms with E-state index in [9.17, 15) is 9.18 Å². The zero-order valence-corrected chi connectivity index (χ0v) is 10.5. The molecule has 0 radical (unpaired) electrons. The first-order valence-electron chi connectivity index (χ1n) is 5.26. The summed E-state index contributed by atoms with van der Waals surface area (Å²) in [5, 5.41) is 11.5. The highest BCUT2D eigenvalue weighted by Gasteiger charge is 2.08. The van der Waals surface area contributed by atoms with Gasteiger partial charge in [-0.1, -0.05) is 23.9 Å². The summed E-state index contributed by atoms with van der Waals surface area (Å²) < 4.78 is 14.2. The van der Waals surface area contributed by atoms with Crippen molar-refractivity contribution in [3.8, 4) is 0 Å². The Morgan fingerprint density at radius 3 is 2.72 bits per heavy atom. The van der Waals surface area contributed by atoms with Gasteiger partial charge < -0.3 is 0 Å². The fourth-order valence-electron chi connectivity index (χ4n) is 1.37. The van der Waals surface area contributed by atoms with Crippen LogP contribution in [-0.4, -0.2) is 31.7 Å². The Morgan fingerprint density at radius 2 is 2.11 bits per heavy atom. The first-order valence-corrected chi connectivity index (χ1v) is 6.25. The molecule has 0 aliphatic carbocycles. The highest BCUT2D eigenvalue weighted by Crippen LogP contribution is 2.13. The third kappa shape index (κ3) is 3.36. The van der Waals surface area contributed by atoms with Crippen molar-refractivity contribution in [3.05, 3.63) is 35.6 Å². The number of carbonyl (C=O) groups excluding carboxylic acids is 1. The monoisotopic (exact) mass is 266 g/mol. The maximum atomic E-state index is 12.7. The fourth-order valence-corrected chi connectivity index (χ4v) is 2.08. The number of tetrazole rings is 1. The van der Waals surface area contributed by atoms with E-state index in [1.807, 2.05) is 0 Å². The molecule has 1 aromatic heterocycles. The largest absolute Gasteiger partial charge is 0.298 e. The minimum absolute atomic E-state index is 0.0506. The Bertz CT molecular complexity index is 540. The highest BCUT2D eigenvalue weighted by atomic mass is 32.2. The minimum Gasteiger partial charge on any atom is -0.298 e. The normalized spacial score (nSPS) is 10.6. The maximum Gasteiger partial charge on any atom is 0.209 e. The van der Waals surface area contributed by atoms with Crippen molar-refractivity contribution in [2.24, 2.45) is 7.05 Å². The third-order valence-corrected chi connectivity index (χ3v) is 3.33. The fraction of sp³-hybridized carbons (Fsp3) is 0.273. The van der Waals surface area contributed by atoms with Gasteiger partial charge in [0.2, 0.25) is 5.16 Å². The van der Waals surface area contributed by atoms with Crippen molar-refractivity contribution in [2.75, 3.05) is 5.75 Å². The molecule has 0 spiro atoms. The second-order valence-corrected chi connectivity index (χ2v) is 4.66. The summed E-state index contributed by atoms with van der Waals surface area (Å²) in [6.07, 6.45) is 0.290. The van der Waals surface area contributed by atoms with Crippen molar-refractivity contribution in [1.29, 1.82) is 0 Å². The standard InChI is InChI=1S/C11H11FN4OS/c1-16-11(13-14-15-16)18-7-10(17)6-8-2-4-9(12)5-3-8/h2-5H,6-7H2,1H3. The maximum absolute atomic E-state index is 12.7. The van der Waals surface area contributed by atoms with Crippen molar-refractivity contribution >= 4 is 17.5 Å². The van der Waals surface area contributed by atoms with Gasteiger partial charge in [0.05, 0.1) is 5.75 Å². The molecule has 2 aromatic rings. The number of carbonyl (C=O) groups is 1. The average molecular weight is 266 g/mol. The smallest absolute Gasteiger partial charge is 0.209 e. The number of aryl methyl sites for hydroxylation is 1. The Labute approximate surface area is 107 Å². The summed E-state index contributed by atoms with van der Waals surface area (Å²) in [7, 11) is 1.72. The number of rotatable bonds is 5. The van der Waals surface area contributed by atoms with Gasteiger partial charge in [-0.2, -0.15) is 0 Å². The van der Waals surface area contributed by atoms with Gasteiger partial charge in [-0.05, 0) is 28.1 Å². The van der Waals surface area contributed by atoms with Crippen molar-refractivity contribution in [2.45, 2.75) is 11.6 Å². The Morgan fingerprint density at radius 1 is 1.39 bits per heavy atom. The minimum atomic E-state index is -0.300. The van der Waals surface area contributed by atoms with Crippen LogP contribution < -0.4 is 0 Å². The van der Waals surface area contributed by atoms with E-state index in [-0.39, 0.29) is 11.6 Å². The number of hydrogen-bond acceptors (Lipinski definition) is 5. The molecule has 0 aliphatic heterocycles. The molecule has 0 aliphatic rings. The second-order valence-electron chi connectivity index (χ2n) is 3.72. The van der Waals surface area contributed by atoms with E-state index in [1.165, 1.54) is 28.6 Å². The molecule has 7 heteroatoms. The van der Waals surface area contributed by atoms with Crippen LogP contribution in [0.25, 0.3) is 0 Å². The molecule has 0 N–H and O–H groups in total. The zero-order chi connectivity index (χ0) is 13.0. The van der Waals surface area contributed by atoms with Crippen molar-refractivity contribution in [3.63, 3.8) is 0 Å². The Balaban J connectivity index is 1.86. The lowest BCUT2D eigenvalue weighted by molar-refractivity contribution is -0.116. The molecule has 0 saturated heterocycles. The van der Waals surface area contributed by atoms with Crippen LogP contribution in [0.1, 0.15) is 5.56 Å². The van der Waals surface area contributed by atoms with E-state index >= 15 is 0 Å². The number of benzene rings is 1. The van der Waals surface area contributed by atoms with Crippen LogP contribution in [0.3, 0.4) is 0 Å². The van der Waals surface area contributed by atoms with Crippen LogP contribution in [0.2, 0.25) is 0 Å². The summed E-state index contributed by atoms with van der Waals surface area (Å²) >= 11 is 1.29. The Hall–Kier alpha value is -1.76. The quantitative estimate of drug-likeness (QED) is 0.762. The number of thioether (sulfide) groups is 1. The molecular formula is C11H11FN4OS. The lowest BCUT2D eigenvalue weighted by Crippen LogP contribution is -2.06. The van der Waals surface area contributed by atoms with Crippen LogP contribution in [0, 0.1) is 5.82 Å². The number of hydrogen-bond donors (Lipinski definition) is 0. The van der Waals surface area contributed by atoms with Gasteiger partial charge in [0.15, 0.2) is 0 Å². The SMILES string of the molecule is Cn1nnnc1SCC(=O)Cc1ccc(F)cc1. The predicted octanol–water partition coefficient (Wildman–Crippen LogP) is 1.25. The van der Waals surface area contributed by atoms with Gasteiger partial charge in [-0.3, -0.25) is 4.79 Å². The van der Waals surface area contributed by atoms with Gasteiger partial charge in [-0.25, -0.2) is 9.07 Å². The second kappa shape index (κ2) is 5.72. The molecule has 5 nitrogen and oxygen atoms in total. The molecule has 1 aromatic carbocycles. The third-order valence-electron chi connectivity index (χ3n) is 2.26. The lowest BCUT2D eigenvalue weighted by Gasteiger charge is -2.00. The molecule has 0 atom stereocenters. The van der Waals surface area contributed by atoms with Crippen LogP contribution in [0.5, 0.6) is 0 Å². The van der Waals surface area contributed by atoms with Gasteiger partial charge in [0, 0.05) is 13.5 Å². The Kier molecular flexibility index (Phi) is 4.03. The van der Waals surface area contributed by atoms with Crippen molar-refractivity contribution in [1.82, 2.24) is 20.2 Å². The summed E-state index contributed by atoms with van der Waals surface area (Å²) in [6, 6.07) is 5.92. The topological polar surface area (TPSA) is 60.7 Å². The van der Waals surface area contributed by atoms with E-state index < -0.39 is 0 Å². The van der Waals surface area contributed by atoms with Crippen molar-refractivity contribution < 1.29 is 9.18 Å².